The first kappa shape index (κ1) is 12.6. The first-order valence-electron chi connectivity index (χ1n) is 5.51. The Hall–Kier alpha value is -1.42. The average molecular weight is 221 g/mol. The van der Waals surface area contributed by atoms with Gasteiger partial charge in [0.2, 0.25) is 0 Å². The van der Waals surface area contributed by atoms with E-state index in [2.05, 4.69) is 11.7 Å². The molecule has 88 valence electrons. The van der Waals surface area contributed by atoms with Crippen LogP contribution in [0.25, 0.3) is 0 Å². The molecule has 1 aromatic rings. The standard InChI is InChI=1S/C12H19N3O/c1-4-6-11(13)12(16)8-10-7-9(3)14-15(10)5-2/h4,7,11H,1,5-6,8,13H2,2-3H3. The van der Waals surface area contributed by atoms with Gasteiger partial charge in [-0.15, -0.1) is 6.58 Å². The molecule has 16 heavy (non-hydrogen) atoms. The van der Waals surface area contributed by atoms with Crippen molar-refractivity contribution in [3.63, 3.8) is 0 Å². The van der Waals surface area contributed by atoms with Crippen LogP contribution in [0.3, 0.4) is 0 Å². The minimum atomic E-state index is -0.446. The molecule has 1 heterocycles. The van der Waals surface area contributed by atoms with Crippen molar-refractivity contribution in [3.05, 3.63) is 30.1 Å². The Morgan fingerprint density at radius 2 is 2.44 bits per heavy atom. The lowest BCUT2D eigenvalue weighted by Crippen LogP contribution is -2.31. The Kier molecular flexibility index (Phi) is 4.43. The molecule has 0 aliphatic heterocycles. The molecule has 0 bridgehead atoms. The maximum absolute atomic E-state index is 11.8. The van der Waals surface area contributed by atoms with E-state index < -0.39 is 6.04 Å². The summed E-state index contributed by atoms with van der Waals surface area (Å²) in [6, 6.07) is 1.49. The predicted molar refractivity (Wildman–Crippen MR) is 64.1 cm³/mol. The van der Waals surface area contributed by atoms with Gasteiger partial charge in [0, 0.05) is 12.2 Å². The minimum absolute atomic E-state index is 0.0366. The molecule has 4 nitrogen and oxygen atoms in total. The summed E-state index contributed by atoms with van der Waals surface area (Å²) < 4.78 is 1.84. The van der Waals surface area contributed by atoms with Gasteiger partial charge >= 0.3 is 0 Å². The van der Waals surface area contributed by atoms with Crippen molar-refractivity contribution < 1.29 is 4.79 Å². The van der Waals surface area contributed by atoms with Gasteiger partial charge < -0.3 is 5.73 Å². The van der Waals surface area contributed by atoms with Crippen LogP contribution >= 0.6 is 0 Å². The Morgan fingerprint density at radius 1 is 1.75 bits per heavy atom. The van der Waals surface area contributed by atoms with Gasteiger partial charge in [0.25, 0.3) is 0 Å². The van der Waals surface area contributed by atoms with Crippen molar-refractivity contribution in [3.8, 4) is 0 Å². The summed E-state index contributed by atoms with van der Waals surface area (Å²) in [5, 5.41) is 4.29. The molecular weight excluding hydrogens is 202 g/mol. The first-order valence-corrected chi connectivity index (χ1v) is 5.51. The normalized spacial score (nSPS) is 12.4. The van der Waals surface area contributed by atoms with Crippen LogP contribution in [0.15, 0.2) is 18.7 Å². The Morgan fingerprint density at radius 3 is 3.00 bits per heavy atom. The highest BCUT2D eigenvalue weighted by atomic mass is 16.1. The van der Waals surface area contributed by atoms with E-state index in [0.29, 0.717) is 12.8 Å². The fraction of sp³-hybridized carbons (Fsp3) is 0.500. The summed E-state index contributed by atoms with van der Waals surface area (Å²) in [7, 11) is 0. The van der Waals surface area contributed by atoms with E-state index in [4.69, 9.17) is 5.73 Å². The smallest absolute Gasteiger partial charge is 0.155 e. The van der Waals surface area contributed by atoms with Crippen molar-refractivity contribution in [1.29, 1.82) is 0 Å². The summed E-state index contributed by atoms with van der Waals surface area (Å²) in [4.78, 5) is 11.8. The molecule has 4 heteroatoms. The predicted octanol–water partition coefficient (Wildman–Crippen LogP) is 1.23. The van der Waals surface area contributed by atoms with Gasteiger partial charge in [-0.05, 0) is 26.3 Å². The number of ketones is 1. The molecule has 1 rings (SSSR count). The maximum Gasteiger partial charge on any atom is 0.155 e. The number of hydrogen-bond acceptors (Lipinski definition) is 3. The second kappa shape index (κ2) is 5.61. The third kappa shape index (κ3) is 3.03. The van der Waals surface area contributed by atoms with Crippen LogP contribution in [0, 0.1) is 6.92 Å². The van der Waals surface area contributed by atoms with Crippen LogP contribution in [0.4, 0.5) is 0 Å². The fourth-order valence-corrected chi connectivity index (χ4v) is 1.64. The molecule has 0 aliphatic rings. The number of hydrogen-bond donors (Lipinski definition) is 1. The topological polar surface area (TPSA) is 60.9 Å². The summed E-state index contributed by atoms with van der Waals surface area (Å²) in [6.07, 6.45) is 2.55. The number of rotatable bonds is 6. The highest BCUT2D eigenvalue weighted by Crippen LogP contribution is 2.07. The number of carbonyl (C=O) groups is 1. The third-order valence-electron chi connectivity index (χ3n) is 2.47. The molecule has 0 saturated carbocycles. The Labute approximate surface area is 96.1 Å². The number of carbonyl (C=O) groups excluding carboxylic acids is 1. The zero-order valence-corrected chi connectivity index (χ0v) is 9.94. The zero-order valence-electron chi connectivity index (χ0n) is 9.94. The summed E-state index contributed by atoms with van der Waals surface area (Å²) in [5.41, 5.74) is 7.59. The molecule has 1 atom stereocenters. The van der Waals surface area contributed by atoms with E-state index in [1.165, 1.54) is 0 Å². The Balaban J connectivity index is 2.72. The quantitative estimate of drug-likeness (QED) is 0.735. The zero-order chi connectivity index (χ0) is 12.1. The van der Waals surface area contributed by atoms with Crippen LogP contribution < -0.4 is 5.73 Å². The number of nitrogens with zero attached hydrogens (tertiary/aromatic N) is 2. The van der Waals surface area contributed by atoms with Gasteiger partial charge in [-0.25, -0.2) is 0 Å². The SMILES string of the molecule is C=CCC(N)C(=O)Cc1cc(C)nn1CC. The molecule has 2 N–H and O–H groups in total. The summed E-state index contributed by atoms with van der Waals surface area (Å²) in [5.74, 6) is 0.0366. The van der Waals surface area contributed by atoms with E-state index in [9.17, 15) is 4.79 Å². The maximum atomic E-state index is 11.8. The van der Waals surface area contributed by atoms with Crippen LogP contribution in [0.2, 0.25) is 0 Å². The first-order chi connectivity index (χ1) is 7.58. The lowest BCUT2D eigenvalue weighted by atomic mass is 10.1. The lowest BCUT2D eigenvalue weighted by molar-refractivity contribution is -0.119. The van der Waals surface area contributed by atoms with Crippen molar-refractivity contribution in [2.75, 3.05) is 0 Å². The second-order valence-electron chi connectivity index (χ2n) is 3.87. The van der Waals surface area contributed by atoms with Crippen molar-refractivity contribution in [1.82, 2.24) is 9.78 Å². The molecule has 0 radical (unpaired) electrons. The van der Waals surface area contributed by atoms with Crippen LogP contribution in [0.5, 0.6) is 0 Å². The van der Waals surface area contributed by atoms with Gasteiger partial charge in [-0.1, -0.05) is 6.08 Å². The molecule has 0 saturated heterocycles. The number of Topliss-reactive ketones (excluding diaryl/α,β-unsaturated/α-hetero) is 1. The Bertz CT molecular complexity index is 382. The van der Waals surface area contributed by atoms with E-state index in [-0.39, 0.29) is 5.78 Å². The van der Waals surface area contributed by atoms with Crippen LogP contribution in [-0.4, -0.2) is 21.6 Å². The van der Waals surface area contributed by atoms with Gasteiger partial charge in [-0.3, -0.25) is 9.48 Å². The van der Waals surface area contributed by atoms with E-state index in [1.54, 1.807) is 6.08 Å². The largest absolute Gasteiger partial charge is 0.321 e. The fourth-order valence-electron chi connectivity index (χ4n) is 1.64. The van der Waals surface area contributed by atoms with Crippen LogP contribution in [0.1, 0.15) is 24.7 Å². The van der Waals surface area contributed by atoms with Crippen molar-refractivity contribution in [2.45, 2.75) is 39.3 Å². The molecule has 1 aromatic heterocycles. The van der Waals surface area contributed by atoms with E-state index >= 15 is 0 Å². The summed E-state index contributed by atoms with van der Waals surface area (Å²) >= 11 is 0. The van der Waals surface area contributed by atoms with Gasteiger partial charge in [0.05, 0.1) is 18.2 Å². The molecule has 0 aromatic carbocycles. The average Bonchev–Trinajstić information content (AvgIpc) is 2.59. The van der Waals surface area contributed by atoms with Gasteiger partial charge in [-0.2, -0.15) is 5.10 Å². The van der Waals surface area contributed by atoms with Gasteiger partial charge in [0.15, 0.2) is 5.78 Å². The number of aromatic nitrogens is 2. The molecular formula is C12H19N3O. The number of nitrogens with two attached hydrogens (primary N) is 1. The van der Waals surface area contributed by atoms with Crippen LogP contribution in [-0.2, 0) is 17.8 Å². The number of aryl methyl sites for hydroxylation is 2. The van der Waals surface area contributed by atoms with E-state index in [1.807, 2.05) is 24.6 Å². The monoisotopic (exact) mass is 221 g/mol. The lowest BCUT2D eigenvalue weighted by Gasteiger charge is -2.08. The molecule has 0 aliphatic carbocycles. The van der Waals surface area contributed by atoms with E-state index in [0.717, 1.165) is 17.9 Å². The highest BCUT2D eigenvalue weighted by molar-refractivity contribution is 5.85. The molecule has 0 amide bonds. The highest BCUT2D eigenvalue weighted by Gasteiger charge is 2.15. The molecule has 1 unspecified atom stereocenters. The third-order valence-corrected chi connectivity index (χ3v) is 2.47. The van der Waals surface area contributed by atoms with Gasteiger partial charge in [0.1, 0.15) is 0 Å². The molecule has 0 fully saturated rings. The van der Waals surface area contributed by atoms with Crippen molar-refractivity contribution in [2.24, 2.45) is 5.73 Å². The summed E-state index contributed by atoms with van der Waals surface area (Å²) in [6.45, 7) is 8.27. The second-order valence-corrected chi connectivity index (χ2v) is 3.87. The molecule has 0 spiro atoms. The van der Waals surface area contributed by atoms with Crippen molar-refractivity contribution >= 4 is 5.78 Å². The minimum Gasteiger partial charge on any atom is -0.321 e.